The van der Waals surface area contributed by atoms with E-state index in [1.807, 2.05) is 37.3 Å². The molecule has 3 heterocycles. The van der Waals surface area contributed by atoms with Crippen molar-refractivity contribution in [3.05, 3.63) is 54.2 Å². The molecule has 0 saturated carbocycles. The van der Waals surface area contributed by atoms with Crippen LogP contribution in [0.15, 0.2) is 47.0 Å². The van der Waals surface area contributed by atoms with Gasteiger partial charge < -0.3 is 9.73 Å². The third-order valence-corrected chi connectivity index (χ3v) is 6.61. The van der Waals surface area contributed by atoms with Gasteiger partial charge in [0.1, 0.15) is 5.82 Å². The summed E-state index contributed by atoms with van der Waals surface area (Å²) in [5, 5.41) is 7.21. The van der Waals surface area contributed by atoms with Crippen LogP contribution < -0.4 is 5.32 Å². The lowest BCUT2D eigenvalue weighted by molar-refractivity contribution is -0.116. The van der Waals surface area contributed by atoms with E-state index in [1.165, 1.54) is 0 Å². The van der Waals surface area contributed by atoms with Crippen LogP contribution in [-0.4, -0.2) is 40.6 Å². The van der Waals surface area contributed by atoms with Crippen LogP contribution in [0.25, 0.3) is 11.3 Å². The second kappa shape index (κ2) is 7.82. The molecule has 152 valence electrons. The van der Waals surface area contributed by atoms with Crippen molar-refractivity contribution in [3.8, 4) is 11.3 Å². The van der Waals surface area contributed by atoms with E-state index in [0.717, 1.165) is 11.3 Å². The van der Waals surface area contributed by atoms with Crippen molar-refractivity contribution in [3.63, 3.8) is 0 Å². The maximum absolute atomic E-state index is 12.4. The summed E-state index contributed by atoms with van der Waals surface area (Å²) in [5.41, 5.74) is 1.66. The van der Waals surface area contributed by atoms with E-state index in [4.69, 9.17) is 4.42 Å². The van der Waals surface area contributed by atoms with Gasteiger partial charge in [-0.3, -0.25) is 4.79 Å². The average Bonchev–Trinajstić information content (AvgIpc) is 3.39. The van der Waals surface area contributed by atoms with Gasteiger partial charge in [-0.2, -0.15) is 5.10 Å². The molecule has 1 atom stereocenters. The Labute approximate surface area is 168 Å². The number of aryl methyl sites for hydroxylation is 2. The highest BCUT2D eigenvalue weighted by Crippen LogP contribution is 2.27. The lowest BCUT2D eigenvalue weighted by Gasteiger charge is -2.13. The number of benzene rings is 1. The first kappa shape index (κ1) is 19.4. The number of rotatable bonds is 6. The third-order valence-electron chi connectivity index (χ3n) is 4.86. The van der Waals surface area contributed by atoms with Crippen molar-refractivity contribution in [1.82, 2.24) is 14.8 Å². The summed E-state index contributed by atoms with van der Waals surface area (Å²) >= 11 is 0. The number of nitrogens with zero attached hydrogens (tertiary/aromatic N) is 3. The van der Waals surface area contributed by atoms with Crippen LogP contribution in [0.2, 0.25) is 0 Å². The Morgan fingerprint density at radius 3 is 2.83 bits per heavy atom. The average molecular weight is 414 g/mol. The first-order valence-electron chi connectivity index (χ1n) is 9.46. The first-order chi connectivity index (χ1) is 13.9. The zero-order valence-electron chi connectivity index (χ0n) is 16.0. The molecule has 1 fully saturated rings. The second-order valence-electron chi connectivity index (χ2n) is 7.20. The topological polar surface area (TPSA) is 107 Å². The van der Waals surface area contributed by atoms with E-state index in [1.54, 1.807) is 16.9 Å². The Bertz CT molecular complexity index is 1120. The van der Waals surface area contributed by atoms with Crippen molar-refractivity contribution in [1.29, 1.82) is 0 Å². The van der Waals surface area contributed by atoms with E-state index in [9.17, 15) is 13.2 Å². The molecule has 9 heteroatoms. The Morgan fingerprint density at radius 2 is 2.10 bits per heavy atom. The molecule has 0 unspecified atom stereocenters. The Hall–Kier alpha value is -2.94. The van der Waals surface area contributed by atoms with E-state index >= 15 is 0 Å². The Morgan fingerprint density at radius 1 is 1.31 bits per heavy atom. The highest BCUT2D eigenvalue weighted by atomic mass is 32.2. The molecule has 1 saturated heterocycles. The molecule has 29 heavy (non-hydrogen) atoms. The molecule has 1 aromatic carbocycles. The number of anilines is 1. The smallest absolute Gasteiger partial charge is 0.226 e. The normalized spacial score (nSPS) is 18.0. The Kier molecular flexibility index (Phi) is 5.23. The molecule has 1 amide bonds. The molecule has 3 aromatic rings. The minimum atomic E-state index is -3.04. The van der Waals surface area contributed by atoms with Gasteiger partial charge in [0.05, 0.1) is 29.4 Å². The summed E-state index contributed by atoms with van der Waals surface area (Å²) in [4.78, 5) is 16.7. The predicted molar refractivity (Wildman–Crippen MR) is 108 cm³/mol. The molecule has 8 nitrogen and oxygen atoms in total. The molecule has 0 bridgehead atoms. The molecule has 0 radical (unpaired) electrons. The standard InChI is InChI=1S/C20H22N4O4S/c1-14-11-18(24(23-14)16-9-10-29(26,27)13-16)22-19(25)7-8-20-21-12-17(28-20)15-5-3-2-4-6-15/h2-6,11-12,16H,7-10,13H2,1H3,(H,22,25)/t16-/m1/s1. The van der Waals surface area contributed by atoms with Gasteiger partial charge in [0.2, 0.25) is 5.91 Å². The molecular formula is C20H22N4O4S. The van der Waals surface area contributed by atoms with Crippen molar-refractivity contribution in [2.45, 2.75) is 32.2 Å². The van der Waals surface area contributed by atoms with E-state index < -0.39 is 9.84 Å². The molecule has 4 rings (SSSR count). The molecular weight excluding hydrogens is 392 g/mol. The molecule has 1 aliphatic rings. The fraction of sp³-hybridized carbons (Fsp3) is 0.350. The van der Waals surface area contributed by atoms with Gasteiger partial charge in [-0.15, -0.1) is 0 Å². The Balaban J connectivity index is 1.38. The zero-order valence-corrected chi connectivity index (χ0v) is 16.9. The van der Waals surface area contributed by atoms with Crippen LogP contribution in [-0.2, 0) is 21.1 Å². The van der Waals surface area contributed by atoms with Gasteiger partial charge in [-0.05, 0) is 13.3 Å². The first-order valence-corrected chi connectivity index (χ1v) is 11.3. The van der Waals surface area contributed by atoms with Gasteiger partial charge in [-0.1, -0.05) is 30.3 Å². The summed E-state index contributed by atoms with van der Waals surface area (Å²) in [5.74, 6) is 1.68. The van der Waals surface area contributed by atoms with Crippen LogP contribution >= 0.6 is 0 Å². The number of oxazole rings is 1. The minimum absolute atomic E-state index is 0.0512. The van der Waals surface area contributed by atoms with E-state index in [-0.39, 0.29) is 29.9 Å². The highest BCUT2D eigenvalue weighted by molar-refractivity contribution is 7.91. The minimum Gasteiger partial charge on any atom is -0.441 e. The number of carbonyl (C=O) groups excluding carboxylic acids is 1. The third kappa shape index (κ3) is 4.56. The number of hydrogen-bond donors (Lipinski definition) is 1. The number of aromatic nitrogens is 3. The number of hydrogen-bond acceptors (Lipinski definition) is 6. The number of carbonyl (C=O) groups is 1. The lowest BCUT2D eigenvalue weighted by atomic mass is 10.2. The number of amides is 1. The quantitative estimate of drug-likeness (QED) is 0.665. The maximum Gasteiger partial charge on any atom is 0.226 e. The van der Waals surface area contributed by atoms with Crippen molar-refractivity contribution in [2.75, 3.05) is 16.8 Å². The number of sulfone groups is 1. The van der Waals surface area contributed by atoms with Crippen LogP contribution in [0.1, 0.15) is 30.5 Å². The van der Waals surface area contributed by atoms with Crippen LogP contribution in [0.5, 0.6) is 0 Å². The van der Waals surface area contributed by atoms with Gasteiger partial charge in [0.25, 0.3) is 0 Å². The summed E-state index contributed by atoms with van der Waals surface area (Å²) in [7, 11) is -3.04. The maximum atomic E-state index is 12.4. The SMILES string of the molecule is Cc1cc(NC(=O)CCc2ncc(-c3ccccc3)o2)n([C@@H]2CCS(=O)(=O)C2)n1. The summed E-state index contributed by atoms with van der Waals surface area (Å²) < 4.78 is 30.9. The number of nitrogens with one attached hydrogen (secondary N) is 1. The molecule has 0 aliphatic carbocycles. The molecule has 2 aromatic heterocycles. The largest absolute Gasteiger partial charge is 0.441 e. The van der Waals surface area contributed by atoms with Crippen LogP contribution in [0, 0.1) is 6.92 Å². The molecule has 1 aliphatic heterocycles. The van der Waals surface area contributed by atoms with Gasteiger partial charge in [-0.25, -0.2) is 18.1 Å². The van der Waals surface area contributed by atoms with Crippen LogP contribution in [0.4, 0.5) is 5.82 Å². The van der Waals surface area contributed by atoms with Gasteiger partial charge >= 0.3 is 0 Å². The van der Waals surface area contributed by atoms with Crippen molar-refractivity contribution < 1.29 is 17.6 Å². The van der Waals surface area contributed by atoms with Crippen molar-refractivity contribution in [2.24, 2.45) is 0 Å². The van der Waals surface area contributed by atoms with Gasteiger partial charge in [0.15, 0.2) is 21.5 Å². The fourth-order valence-electron chi connectivity index (χ4n) is 3.44. The fourth-order valence-corrected chi connectivity index (χ4v) is 5.14. The highest BCUT2D eigenvalue weighted by Gasteiger charge is 2.31. The summed E-state index contributed by atoms with van der Waals surface area (Å²) in [6.45, 7) is 1.81. The zero-order chi connectivity index (χ0) is 20.4. The lowest BCUT2D eigenvalue weighted by Crippen LogP contribution is -2.19. The van der Waals surface area contributed by atoms with Crippen LogP contribution in [0.3, 0.4) is 0 Å². The van der Waals surface area contributed by atoms with Crippen molar-refractivity contribution >= 4 is 21.6 Å². The summed E-state index contributed by atoms with van der Waals surface area (Å²) in [6, 6.07) is 11.1. The molecule has 0 spiro atoms. The van der Waals surface area contributed by atoms with E-state index in [2.05, 4.69) is 15.4 Å². The molecule has 1 N–H and O–H groups in total. The summed E-state index contributed by atoms with van der Waals surface area (Å²) in [6.07, 6.45) is 2.72. The monoisotopic (exact) mass is 414 g/mol. The van der Waals surface area contributed by atoms with Gasteiger partial charge in [0, 0.05) is 24.5 Å². The predicted octanol–water partition coefficient (Wildman–Crippen LogP) is 2.78. The second-order valence-corrected chi connectivity index (χ2v) is 9.43. The van der Waals surface area contributed by atoms with E-state index in [0.29, 0.717) is 30.3 Å².